The minimum Gasteiger partial charge on any atom is -0.454 e. The predicted octanol–water partition coefficient (Wildman–Crippen LogP) is 4.13. The molecule has 4 nitrogen and oxygen atoms in total. The molecule has 2 aromatic carbocycles. The van der Waals surface area contributed by atoms with Crippen LogP contribution in [0.3, 0.4) is 0 Å². The molecule has 0 bridgehead atoms. The van der Waals surface area contributed by atoms with Gasteiger partial charge in [0.15, 0.2) is 0 Å². The van der Waals surface area contributed by atoms with Crippen molar-refractivity contribution in [2.24, 2.45) is 0 Å². The van der Waals surface area contributed by atoms with Crippen molar-refractivity contribution in [3.8, 4) is 0 Å². The molecule has 0 unspecified atom stereocenters. The Hall–Kier alpha value is -2.92. The number of rotatable bonds is 4. The van der Waals surface area contributed by atoms with Gasteiger partial charge in [-0.1, -0.05) is 36.4 Å². The fourth-order valence-corrected chi connectivity index (χ4v) is 3.72. The number of amides is 1. The molecule has 1 aliphatic rings. The van der Waals surface area contributed by atoms with Gasteiger partial charge in [0.05, 0.1) is 12.1 Å². The second-order valence-corrected chi connectivity index (χ2v) is 7.17. The lowest BCUT2D eigenvalue weighted by Crippen LogP contribution is -2.25. The Morgan fingerprint density at radius 3 is 2.73 bits per heavy atom. The lowest BCUT2D eigenvalue weighted by Gasteiger charge is -2.25. The SMILES string of the molecule is O=C(NCc1cccs1)c1ccc2c(c1)C[C@@H](c1ccccc1)OC2=O. The zero-order valence-electron chi connectivity index (χ0n) is 14.0. The van der Waals surface area contributed by atoms with Crippen LogP contribution in [0.5, 0.6) is 0 Å². The van der Waals surface area contributed by atoms with Gasteiger partial charge in [0, 0.05) is 16.9 Å². The quantitative estimate of drug-likeness (QED) is 0.709. The Kier molecular flexibility index (Phi) is 4.54. The maximum Gasteiger partial charge on any atom is 0.339 e. The normalized spacial score (nSPS) is 15.8. The molecule has 1 N–H and O–H groups in total. The van der Waals surface area contributed by atoms with E-state index in [1.807, 2.05) is 47.8 Å². The second-order valence-electron chi connectivity index (χ2n) is 6.14. The Labute approximate surface area is 155 Å². The molecule has 0 saturated carbocycles. The fraction of sp³-hybridized carbons (Fsp3) is 0.143. The van der Waals surface area contributed by atoms with Gasteiger partial charge in [-0.25, -0.2) is 4.79 Å². The van der Waals surface area contributed by atoms with Gasteiger partial charge in [-0.15, -0.1) is 11.3 Å². The molecule has 1 aromatic heterocycles. The van der Waals surface area contributed by atoms with Crippen LogP contribution in [0, 0.1) is 0 Å². The van der Waals surface area contributed by atoms with Gasteiger partial charge >= 0.3 is 5.97 Å². The van der Waals surface area contributed by atoms with Crippen LogP contribution in [-0.4, -0.2) is 11.9 Å². The first-order valence-electron chi connectivity index (χ1n) is 8.40. The molecule has 0 radical (unpaired) electrons. The van der Waals surface area contributed by atoms with Gasteiger partial charge in [0.2, 0.25) is 0 Å². The Balaban J connectivity index is 1.54. The molecule has 3 aromatic rings. The summed E-state index contributed by atoms with van der Waals surface area (Å²) < 4.78 is 5.56. The minimum absolute atomic E-state index is 0.142. The van der Waals surface area contributed by atoms with Gasteiger partial charge in [-0.3, -0.25) is 4.79 Å². The van der Waals surface area contributed by atoms with E-state index in [-0.39, 0.29) is 18.0 Å². The molecule has 5 heteroatoms. The molecular weight excluding hydrogens is 346 g/mol. The summed E-state index contributed by atoms with van der Waals surface area (Å²) in [7, 11) is 0. The van der Waals surface area contributed by atoms with Crippen molar-refractivity contribution >= 4 is 23.2 Å². The van der Waals surface area contributed by atoms with Crippen molar-refractivity contribution < 1.29 is 14.3 Å². The summed E-state index contributed by atoms with van der Waals surface area (Å²) in [5.41, 5.74) is 2.90. The van der Waals surface area contributed by atoms with Crippen molar-refractivity contribution in [3.63, 3.8) is 0 Å². The van der Waals surface area contributed by atoms with Crippen molar-refractivity contribution in [2.45, 2.75) is 19.1 Å². The maximum atomic E-state index is 12.4. The number of benzene rings is 2. The molecule has 1 aliphatic heterocycles. The fourth-order valence-electron chi connectivity index (χ4n) is 3.07. The van der Waals surface area contributed by atoms with E-state index in [1.165, 1.54) is 0 Å². The van der Waals surface area contributed by atoms with Gasteiger partial charge in [-0.2, -0.15) is 0 Å². The van der Waals surface area contributed by atoms with Gasteiger partial charge in [-0.05, 0) is 40.8 Å². The summed E-state index contributed by atoms with van der Waals surface area (Å²) in [6, 6.07) is 18.8. The van der Waals surface area contributed by atoms with Crippen LogP contribution >= 0.6 is 11.3 Å². The summed E-state index contributed by atoms with van der Waals surface area (Å²) in [5.74, 6) is -0.484. The monoisotopic (exact) mass is 363 g/mol. The summed E-state index contributed by atoms with van der Waals surface area (Å²) in [5, 5.41) is 4.90. The van der Waals surface area contributed by atoms with Crippen LogP contribution in [-0.2, 0) is 17.7 Å². The molecule has 0 fully saturated rings. The minimum atomic E-state index is -0.342. The zero-order chi connectivity index (χ0) is 17.9. The highest BCUT2D eigenvalue weighted by Crippen LogP contribution is 2.31. The van der Waals surface area contributed by atoms with Crippen LogP contribution in [0.4, 0.5) is 0 Å². The van der Waals surface area contributed by atoms with Crippen molar-refractivity contribution in [1.29, 1.82) is 0 Å². The Morgan fingerprint density at radius 2 is 1.96 bits per heavy atom. The molecule has 1 atom stereocenters. The molecule has 130 valence electrons. The highest BCUT2D eigenvalue weighted by atomic mass is 32.1. The van der Waals surface area contributed by atoms with Gasteiger partial charge in [0.25, 0.3) is 5.91 Å². The Bertz CT molecular complexity index is 935. The van der Waals surface area contributed by atoms with Crippen molar-refractivity contribution in [3.05, 3.63) is 93.2 Å². The number of hydrogen-bond acceptors (Lipinski definition) is 4. The molecule has 2 heterocycles. The molecule has 0 aliphatic carbocycles. The third kappa shape index (κ3) is 3.39. The van der Waals surface area contributed by atoms with E-state index in [2.05, 4.69) is 5.32 Å². The van der Waals surface area contributed by atoms with Crippen molar-refractivity contribution in [2.75, 3.05) is 0 Å². The number of carbonyl (C=O) groups excluding carboxylic acids is 2. The number of carbonyl (C=O) groups is 2. The number of ether oxygens (including phenoxy) is 1. The first kappa shape index (κ1) is 16.5. The summed E-state index contributed by atoms with van der Waals surface area (Å²) in [6.45, 7) is 0.502. The van der Waals surface area contributed by atoms with Crippen LogP contribution < -0.4 is 5.32 Å². The smallest absolute Gasteiger partial charge is 0.339 e. The number of fused-ring (bicyclic) bond motifs is 1. The first-order valence-corrected chi connectivity index (χ1v) is 9.28. The van der Waals surface area contributed by atoms with E-state index in [9.17, 15) is 9.59 Å². The first-order chi connectivity index (χ1) is 12.7. The van der Waals surface area contributed by atoms with Gasteiger partial charge < -0.3 is 10.1 Å². The largest absolute Gasteiger partial charge is 0.454 e. The van der Waals surface area contributed by atoms with Crippen LogP contribution in [0.25, 0.3) is 0 Å². The van der Waals surface area contributed by atoms with Gasteiger partial charge in [0.1, 0.15) is 6.10 Å². The van der Waals surface area contributed by atoms with E-state index in [0.717, 1.165) is 16.0 Å². The van der Waals surface area contributed by atoms with E-state index in [0.29, 0.717) is 24.1 Å². The molecule has 26 heavy (non-hydrogen) atoms. The van der Waals surface area contributed by atoms with Crippen LogP contribution in [0.2, 0.25) is 0 Å². The maximum absolute atomic E-state index is 12.4. The van der Waals surface area contributed by atoms with Crippen LogP contribution in [0.1, 0.15) is 42.8 Å². The highest BCUT2D eigenvalue weighted by molar-refractivity contribution is 7.09. The summed E-state index contributed by atoms with van der Waals surface area (Å²) in [4.78, 5) is 25.8. The van der Waals surface area contributed by atoms with Crippen LogP contribution in [0.15, 0.2) is 66.0 Å². The van der Waals surface area contributed by atoms with Crippen molar-refractivity contribution in [1.82, 2.24) is 5.32 Å². The Morgan fingerprint density at radius 1 is 1.12 bits per heavy atom. The second kappa shape index (κ2) is 7.14. The standard InChI is InChI=1S/C21H17NO3S/c23-20(22-13-17-7-4-10-26-17)15-8-9-18-16(11-15)12-19(25-21(18)24)14-5-2-1-3-6-14/h1-11,19H,12-13H2,(H,22,23)/t19-/m0/s1. The average Bonchev–Trinajstić information content (AvgIpc) is 3.20. The topological polar surface area (TPSA) is 55.4 Å². The number of hydrogen-bond donors (Lipinski definition) is 1. The molecule has 0 spiro atoms. The molecule has 1 amide bonds. The molecular formula is C21H17NO3S. The third-order valence-corrected chi connectivity index (χ3v) is 5.29. The number of cyclic esters (lactones) is 1. The summed E-state index contributed by atoms with van der Waals surface area (Å²) in [6.07, 6.45) is 0.248. The lowest BCUT2D eigenvalue weighted by atomic mass is 9.93. The highest BCUT2D eigenvalue weighted by Gasteiger charge is 2.28. The van der Waals surface area contributed by atoms with E-state index in [1.54, 1.807) is 29.5 Å². The third-order valence-electron chi connectivity index (χ3n) is 4.42. The predicted molar refractivity (Wildman–Crippen MR) is 100 cm³/mol. The van der Waals surface area contributed by atoms with E-state index < -0.39 is 0 Å². The van der Waals surface area contributed by atoms with E-state index in [4.69, 9.17) is 4.74 Å². The average molecular weight is 363 g/mol. The number of thiophene rings is 1. The number of esters is 1. The lowest BCUT2D eigenvalue weighted by molar-refractivity contribution is 0.0252. The molecule has 0 saturated heterocycles. The summed E-state index contributed by atoms with van der Waals surface area (Å²) >= 11 is 1.61. The zero-order valence-corrected chi connectivity index (χ0v) is 14.8. The molecule has 4 rings (SSSR count). The van der Waals surface area contributed by atoms with E-state index >= 15 is 0 Å². The number of nitrogens with one attached hydrogen (secondary N) is 1.